The van der Waals surface area contributed by atoms with E-state index < -0.39 is 23.8 Å². The molecule has 0 radical (unpaired) electrons. The van der Waals surface area contributed by atoms with Crippen LogP contribution in [-0.2, 0) is 26.4 Å². The molecule has 172 valence electrons. The van der Waals surface area contributed by atoms with E-state index in [2.05, 4.69) is 15.5 Å². The highest BCUT2D eigenvalue weighted by atomic mass is 16.6. The Kier molecular flexibility index (Phi) is 6.21. The summed E-state index contributed by atoms with van der Waals surface area (Å²) in [7, 11) is 3.89. The van der Waals surface area contributed by atoms with Gasteiger partial charge in [-0.25, -0.2) is 4.79 Å². The van der Waals surface area contributed by atoms with Crippen molar-refractivity contribution in [2.75, 3.05) is 32.6 Å². The van der Waals surface area contributed by atoms with Gasteiger partial charge in [0.1, 0.15) is 12.2 Å². The lowest BCUT2D eigenvalue weighted by Crippen LogP contribution is -2.42. The fraction of sp³-hybridized carbons (Fsp3) is 0.522. The first-order valence-corrected chi connectivity index (χ1v) is 11.0. The quantitative estimate of drug-likeness (QED) is 0.715. The highest BCUT2D eigenvalue weighted by molar-refractivity contribution is 5.94. The lowest BCUT2D eigenvalue weighted by molar-refractivity contribution is -0.124. The molecule has 9 heteroatoms. The van der Waals surface area contributed by atoms with Crippen LogP contribution < -0.4 is 5.32 Å². The number of fused-ring (bicyclic) bond motifs is 1. The molecule has 1 fully saturated rings. The summed E-state index contributed by atoms with van der Waals surface area (Å²) in [6.07, 6.45) is 0.320. The first-order valence-electron chi connectivity index (χ1n) is 11.0. The molecule has 0 saturated carbocycles. The highest BCUT2D eigenvalue weighted by Gasteiger charge is 2.45. The van der Waals surface area contributed by atoms with E-state index in [0.29, 0.717) is 31.9 Å². The van der Waals surface area contributed by atoms with Crippen molar-refractivity contribution in [1.29, 1.82) is 0 Å². The lowest BCUT2D eigenvalue weighted by Gasteiger charge is -2.33. The maximum atomic E-state index is 13.3. The van der Waals surface area contributed by atoms with Crippen LogP contribution >= 0.6 is 0 Å². The Labute approximate surface area is 188 Å². The van der Waals surface area contributed by atoms with Gasteiger partial charge >= 0.3 is 6.09 Å². The molecule has 2 aromatic rings. The number of nitrogens with zero attached hydrogens (tertiary/aromatic N) is 3. The minimum Gasteiger partial charge on any atom is -0.440 e. The summed E-state index contributed by atoms with van der Waals surface area (Å²) in [6.45, 7) is 5.33. The fourth-order valence-electron chi connectivity index (χ4n) is 4.29. The Balaban J connectivity index is 1.50. The second-order valence-corrected chi connectivity index (χ2v) is 9.11. The molecule has 2 atom stereocenters. The molecule has 3 heterocycles. The topological polar surface area (TPSA) is 99.8 Å². The molecule has 2 aliphatic rings. The number of benzene rings is 1. The number of carbonyl (C=O) groups is 2. The van der Waals surface area contributed by atoms with Crippen LogP contribution in [0, 0.1) is 0 Å². The van der Waals surface area contributed by atoms with E-state index in [1.807, 2.05) is 63.2 Å². The van der Waals surface area contributed by atoms with Crippen LogP contribution in [0.4, 0.5) is 10.6 Å². The van der Waals surface area contributed by atoms with Crippen molar-refractivity contribution >= 4 is 17.8 Å². The molecule has 2 amide bonds. The van der Waals surface area contributed by atoms with Gasteiger partial charge in [-0.1, -0.05) is 30.3 Å². The van der Waals surface area contributed by atoms with E-state index in [0.717, 1.165) is 23.2 Å². The Bertz CT molecular complexity index is 966. The Morgan fingerprint density at radius 1 is 1.34 bits per heavy atom. The molecule has 2 aliphatic heterocycles. The van der Waals surface area contributed by atoms with E-state index in [-0.39, 0.29) is 5.91 Å². The molecule has 32 heavy (non-hydrogen) atoms. The highest BCUT2D eigenvalue weighted by Crippen LogP contribution is 2.41. The smallest absolute Gasteiger partial charge is 0.411 e. The Morgan fingerprint density at radius 2 is 2.09 bits per heavy atom. The second kappa shape index (κ2) is 8.91. The third-order valence-corrected chi connectivity index (χ3v) is 6.10. The van der Waals surface area contributed by atoms with Gasteiger partial charge in [-0.2, -0.15) is 5.10 Å². The second-order valence-electron chi connectivity index (χ2n) is 9.11. The molecule has 1 saturated heterocycles. The van der Waals surface area contributed by atoms with E-state index in [4.69, 9.17) is 9.47 Å². The minimum atomic E-state index is -0.661. The zero-order chi connectivity index (χ0) is 22.9. The molecule has 1 unspecified atom stereocenters. The minimum absolute atomic E-state index is 0.203. The van der Waals surface area contributed by atoms with Crippen molar-refractivity contribution in [2.24, 2.45) is 0 Å². The molecule has 4 rings (SSSR count). The average Bonchev–Trinajstić information content (AvgIpc) is 3.47. The van der Waals surface area contributed by atoms with Gasteiger partial charge in [0.2, 0.25) is 0 Å². The number of aromatic amines is 1. The molecular formula is C23H31N5O4. The van der Waals surface area contributed by atoms with Crippen molar-refractivity contribution in [3.63, 3.8) is 0 Å². The summed E-state index contributed by atoms with van der Waals surface area (Å²) < 4.78 is 11.4. The summed E-state index contributed by atoms with van der Waals surface area (Å²) >= 11 is 0. The Morgan fingerprint density at radius 3 is 2.75 bits per heavy atom. The van der Waals surface area contributed by atoms with Gasteiger partial charge < -0.3 is 19.7 Å². The summed E-state index contributed by atoms with van der Waals surface area (Å²) in [5.41, 5.74) is 1.87. The number of hydrogen-bond acceptors (Lipinski definition) is 6. The number of rotatable bonds is 6. The normalized spacial score (nSPS) is 20.3. The zero-order valence-corrected chi connectivity index (χ0v) is 19.1. The van der Waals surface area contributed by atoms with Crippen molar-refractivity contribution in [2.45, 2.75) is 51.0 Å². The molecule has 0 spiro atoms. The van der Waals surface area contributed by atoms with Crippen LogP contribution in [0.15, 0.2) is 30.3 Å². The van der Waals surface area contributed by atoms with E-state index >= 15 is 0 Å². The number of H-pyrrole nitrogens is 1. The van der Waals surface area contributed by atoms with Crippen LogP contribution in [0.3, 0.4) is 0 Å². The number of likely N-dealkylation sites (N-methyl/N-ethyl adjacent to an activating group) is 1. The van der Waals surface area contributed by atoms with Gasteiger partial charge in [0.15, 0.2) is 5.82 Å². The standard InChI is InChI=1S/C23H31N5O4/c1-23(2)19-16(20(26-25-19)24-21(29)17-11-8-12-31-17)13-28(23)22(30)32-18(14-27(3)4)15-9-6-5-7-10-15/h5-7,9-10,17-18H,8,11-14H2,1-4H3,(H2,24,25,26,29)/t17?,18-/m1/s1. The van der Waals surface area contributed by atoms with Gasteiger partial charge in [-0.05, 0) is 46.3 Å². The van der Waals surface area contributed by atoms with Gasteiger partial charge in [0.25, 0.3) is 5.91 Å². The number of anilines is 1. The first kappa shape index (κ1) is 22.3. The number of hydrogen-bond donors (Lipinski definition) is 2. The van der Waals surface area contributed by atoms with Crippen LogP contribution in [0.25, 0.3) is 0 Å². The number of amides is 2. The lowest BCUT2D eigenvalue weighted by atomic mass is 10.0. The molecule has 1 aromatic heterocycles. The fourth-order valence-corrected chi connectivity index (χ4v) is 4.29. The van der Waals surface area contributed by atoms with Crippen LogP contribution in [0.5, 0.6) is 0 Å². The predicted molar refractivity (Wildman–Crippen MR) is 119 cm³/mol. The maximum absolute atomic E-state index is 13.3. The monoisotopic (exact) mass is 441 g/mol. The van der Waals surface area contributed by atoms with Gasteiger partial charge in [-0.15, -0.1) is 0 Å². The van der Waals surface area contributed by atoms with Crippen LogP contribution in [0.1, 0.15) is 49.6 Å². The first-order chi connectivity index (χ1) is 15.3. The van der Waals surface area contributed by atoms with Gasteiger partial charge in [0, 0.05) is 18.7 Å². The average molecular weight is 442 g/mol. The number of nitrogens with one attached hydrogen (secondary N) is 2. The largest absolute Gasteiger partial charge is 0.440 e. The van der Waals surface area contributed by atoms with Crippen molar-refractivity contribution in [1.82, 2.24) is 20.0 Å². The molecule has 0 aliphatic carbocycles. The third-order valence-electron chi connectivity index (χ3n) is 6.10. The van der Waals surface area contributed by atoms with Crippen molar-refractivity contribution < 1.29 is 19.1 Å². The molecular weight excluding hydrogens is 410 g/mol. The molecule has 2 N–H and O–H groups in total. The summed E-state index contributed by atoms with van der Waals surface area (Å²) in [5, 5.41) is 10.2. The Hall–Kier alpha value is -2.91. The van der Waals surface area contributed by atoms with Crippen molar-refractivity contribution in [3.8, 4) is 0 Å². The SMILES string of the molecule is CN(C)C[C@@H](OC(=O)N1Cc2c(NC(=O)C3CCCO3)n[nH]c2C1(C)C)c1ccccc1. The van der Waals surface area contributed by atoms with Gasteiger partial charge in [-0.3, -0.25) is 14.8 Å². The van der Waals surface area contributed by atoms with Crippen LogP contribution in [0.2, 0.25) is 0 Å². The number of aromatic nitrogens is 2. The zero-order valence-electron chi connectivity index (χ0n) is 19.1. The van der Waals surface area contributed by atoms with Crippen molar-refractivity contribution in [3.05, 3.63) is 47.2 Å². The van der Waals surface area contributed by atoms with Gasteiger partial charge in [0.05, 0.1) is 17.8 Å². The van der Waals surface area contributed by atoms with E-state index in [1.54, 1.807) is 4.90 Å². The van der Waals surface area contributed by atoms with E-state index in [1.165, 1.54) is 0 Å². The van der Waals surface area contributed by atoms with E-state index in [9.17, 15) is 9.59 Å². The molecule has 0 bridgehead atoms. The predicted octanol–water partition coefficient (Wildman–Crippen LogP) is 3.02. The number of carbonyl (C=O) groups excluding carboxylic acids is 2. The maximum Gasteiger partial charge on any atom is 0.411 e. The number of ether oxygens (including phenoxy) is 2. The molecule has 1 aromatic carbocycles. The third kappa shape index (κ3) is 4.35. The molecule has 9 nitrogen and oxygen atoms in total. The van der Waals surface area contributed by atoms with Crippen LogP contribution in [-0.4, -0.2) is 65.3 Å². The summed E-state index contributed by atoms with van der Waals surface area (Å²) in [4.78, 5) is 29.4. The summed E-state index contributed by atoms with van der Waals surface area (Å²) in [6, 6.07) is 9.73. The summed E-state index contributed by atoms with van der Waals surface area (Å²) in [5.74, 6) is 0.238.